The number of nitrogens with one attached hydrogen (secondary N) is 1. The summed E-state index contributed by atoms with van der Waals surface area (Å²) in [6.45, 7) is 5.00. The Bertz CT molecular complexity index is 156. The smallest absolute Gasteiger partial charge is 0.0666 e. The molecule has 1 rings (SSSR count). The molecule has 0 bridgehead atoms. The molecule has 1 heterocycles. The van der Waals surface area contributed by atoms with Crippen molar-refractivity contribution in [1.29, 1.82) is 5.26 Å². The van der Waals surface area contributed by atoms with E-state index in [1.807, 2.05) is 6.92 Å². The van der Waals surface area contributed by atoms with Gasteiger partial charge in [-0.1, -0.05) is 6.42 Å². The third-order valence-corrected chi connectivity index (χ3v) is 2.20. The molecule has 0 aliphatic carbocycles. The van der Waals surface area contributed by atoms with E-state index in [-0.39, 0.29) is 5.92 Å². The predicted molar refractivity (Wildman–Crippen MR) is 48.2 cm³/mol. The first-order chi connectivity index (χ1) is 5.83. The Labute approximate surface area is 74.3 Å². The largest absolute Gasteiger partial charge is 0.254 e. The maximum Gasteiger partial charge on any atom is 0.0666 e. The summed E-state index contributed by atoms with van der Waals surface area (Å²) < 4.78 is 0. The maximum absolute atomic E-state index is 8.56. The fourth-order valence-electron chi connectivity index (χ4n) is 1.36. The van der Waals surface area contributed by atoms with Crippen LogP contribution < -0.4 is 5.43 Å². The van der Waals surface area contributed by atoms with Gasteiger partial charge in [0.25, 0.3) is 0 Å². The van der Waals surface area contributed by atoms with Crippen molar-refractivity contribution in [1.82, 2.24) is 10.4 Å². The number of rotatable bonds is 3. The van der Waals surface area contributed by atoms with Gasteiger partial charge >= 0.3 is 0 Å². The van der Waals surface area contributed by atoms with E-state index in [0.717, 1.165) is 19.6 Å². The molecule has 68 valence electrons. The summed E-state index contributed by atoms with van der Waals surface area (Å²) in [5, 5.41) is 10.8. The highest BCUT2D eigenvalue weighted by Gasteiger charge is 2.09. The molecule has 1 N–H and O–H groups in total. The van der Waals surface area contributed by atoms with E-state index in [2.05, 4.69) is 16.5 Å². The highest BCUT2D eigenvalue weighted by atomic mass is 15.5. The van der Waals surface area contributed by atoms with Crippen LogP contribution in [-0.2, 0) is 0 Å². The second-order valence-corrected chi connectivity index (χ2v) is 3.44. The average Bonchev–Trinajstić information content (AvgIpc) is 2.16. The molecule has 1 saturated heterocycles. The van der Waals surface area contributed by atoms with E-state index in [9.17, 15) is 0 Å². The quantitative estimate of drug-likeness (QED) is 0.685. The first-order valence-electron chi connectivity index (χ1n) is 4.71. The van der Waals surface area contributed by atoms with Crippen molar-refractivity contribution in [2.75, 3.05) is 19.6 Å². The summed E-state index contributed by atoms with van der Waals surface area (Å²) in [4.78, 5) is 0. The summed E-state index contributed by atoms with van der Waals surface area (Å²) in [6.07, 6.45) is 3.92. The lowest BCUT2D eigenvalue weighted by molar-refractivity contribution is 0.150. The van der Waals surface area contributed by atoms with Crippen LogP contribution in [0, 0.1) is 17.2 Å². The molecule has 12 heavy (non-hydrogen) atoms. The van der Waals surface area contributed by atoms with Gasteiger partial charge in [-0.2, -0.15) is 5.26 Å². The second-order valence-electron chi connectivity index (χ2n) is 3.44. The van der Waals surface area contributed by atoms with E-state index < -0.39 is 0 Å². The molecule has 3 nitrogen and oxygen atoms in total. The fourth-order valence-corrected chi connectivity index (χ4v) is 1.36. The van der Waals surface area contributed by atoms with Crippen molar-refractivity contribution in [3.8, 4) is 6.07 Å². The predicted octanol–water partition coefficient (Wildman–Crippen LogP) is 1.14. The Morgan fingerprint density at radius 1 is 1.42 bits per heavy atom. The normalized spacial score (nSPS) is 21.7. The Kier molecular flexibility index (Phi) is 4.06. The minimum atomic E-state index is 0.118. The molecular formula is C9H17N3. The minimum absolute atomic E-state index is 0.118. The van der Waals surface area contributed by atoms with E-state index in [1.54, 1.807) is 0 Å². The van der Waals surface area contributed by atoms with E-state index in [4.69, 9.17) is 5.26 Å². The number of hydrogen-bond donors (Lipinski definition) is 1. The highest BCUT2D eigenvalue weighted by molar-refractivity contribution is 4.79. The standard InChI is InChI=1S/C9H17N3/c1-9(7-10)8-11-12-5-3-2-4-6-12/h9,11H,2-6,8H2,1H3. The van der Waals surface area contributed by atoms with Gasteiger partial charge in [-0.15, -0.1) is 0 Å². The van der Waals surface area contributed by atoms with Gasteiger partial charge in [-0.05, 0) is 19.8 Å². The van der Waals surface area contributed by atoms with Gasteiger partial charge < -0.3 is 0 Å². The van der Waals surface area contributed by atoms with Crippen LogP contribution in [0.3, 0.4) is 0 Å². The van der Waals surface area contributed by atoms with Crippen molar-refractivity contribution in [2.24, 2.45) is 5.92 Å². The Morgan fingerprint density at radius 2 is 2.08 bits per heavy atom. The SMILES string of the molecule is CC(C#N)CNN1CCCCC1. The molecule has 0 spiro atoms. The van der Waals surface area contributed by atoms with Gasteiger partial charge in [0.1, 0.15) is 0 Å². The number of piperidine rings is 1. The number of hydrazine groups is 1. The van der Waals surface area contributed by atoms with Crippen molar-refractivity contribution in [2.45, 2.75) is 26.2 Å². The molecular weight excluding hydrogens is 150 g/mol. The lowest BCUT2D eigenvalue weighted by Gasteiger charge is -2.27. The van der Waals surface area contributed by atoms with Crippen LogP contribution in [0.1, 0.15) is 26.2 Å². The molecule has 0 radical (unpaired) electrons. The number of nitrogens with zero attached hydrogens (tertiary/aromatic N) is 2. The van der Waals surface area contributed by atoms with Gasteiger partial charge in [0, 0.05) is 19.6 Å². The molecule has 0 aromatic heterocycles. The summed E-state index contributed by atoms with van der Waals surface area (Å²) in [7, 11) is 0. The molecule has 1 aliphatic heterocycles. The molecule has 1 fully saturated rings. The van der Waals surface area contributed by atoms with Gasteiger partial charge in [-0.3, -0.25) is 5.43 Å². The average molecular weight is 167 g/mol. The van der Waals surface area contributed by atoms with E-state index in [0.29, 0.717) is 0 Å². The Hall–Kier alpha value is -0.590. The lowest BCUT2D eigenvalue weighted by Crippen LogP contribution is -2.43. The zero-order valence-electron chi connectivity index (χ0n) is 7.71. The second kappa shape index (κ2) is 5.13. The van der Waals surface area contributed by atoms with Gasteiger partial charge in [0.15, 0.2) is 0 Å². The van der Waals surface area contributed by atoms with Crippen LogP contribution in [0.2, 0.25) is 0 Å². The zero-order valence-corrected chi connectivity index (χ0v) is 7.71. The van der Waals surface area contributed by atoms with Gasteiger partial charge in [0.05, 0.1) is 12.0 Å². The van der Waals surface area contributed by atoms with Crippen LogP contribution in [0.4, 0.5) is 0 Å². The summed E-state index contributed by atoms with van der Waals surface area (Å²) in [6, 6.07) is 2.22. The van der Waals surface area contributed by atoms with Crippen LogP contribution in [-0.4, -0.2) is 24.6 Å². The lowest BCUT2D eigenvalue weighted by atomic mass is 10.1. The molecule has 1 atom stereocenters. The third-order valence-electron chi connectivity index (χ3n) is 2.20. The summed E-state index contributed by atoms with van der Waals surface area (Å²) in [5.41, 5.74) is 3.28. The number of nitriles is 1. The van der Waals surface area contributed by atoms with Crippen molar-refractivity contribution in [3.05, 3.63) is 0 Å². The third kappa shape index (κ3) is 3.21. The van der Waals surface area contributed by atoms with E-state index in [1.165, 1.54) is 19.3 Å². The Morgan fingerprint density at radius 3 is 2.67 bits per heavy atom. The molecule has 0 amide bonds. The molecule has 1 unspecified atom stereocenters. The molecule has 3 heteroatoms. The fraction of sp³-hybridized carbons (Fsp3) is 0.889. The maximum atomic E-state index is 8.56. The molecule has 1 aliphatic rings. The molecule has 0 saturated carbocycles. The summed E-state index contributed by atoms with van der Waals surface area (Å²) >= 11 is 0. The number of hydrogen-bond acceptors (Lipinski definition) is 3. The van der Waals surface area contributed by atoms with Crippen LogP contribution in [0.5, 0.6) is 0 Å². The van der Waals surface area contributed by atoms with Gasteiger partial charge in [0.2, 0.25) is 0 Å². The van der Waals surface area contributed by atoms with Crippen molar-refractivity contribution >= 4 is 0 Å². The van der Waals surface area contributed by atoms with E-state index >= 15 is 0 Å². The zero-order chi connectivity index (χ0) is 8.81. The first-order valence-corrected chi connectivity index (χ1v) is 4.71. The van der Waals surface area contributed by atoms with Crippen LogP contribution >= 0.6 is 0 Å². The molecule has 0 aromatic rings. The molecule has 0 aromatic carbocycles. The highest BCUT2D eigenvalue weighted by Crippen LogP contribution is 2.05. The monoisotopic (exact) mass is 167 g/mol. The van der Waals surface area contributed by atoms with Gasteiger partial charge in [-0.25, -0.2) is 5.01 Å². The first kappa shape index (κ1) is 9.50. The topological polar surface area (TPSA) is 39.1 Å². The van der Waals surface area contributed by atoms with Crippen molar-refractivity contribution in [3.63, 3.8) is 0 Å². The minimum Gasteiger partial charge on any atom is -0.254 e. The van der Waals surface area contributed by atoms with Crippen LogP contribution in [0.15, 0.2) is 0 Å². The van der Waals surface area contributed by atoms with Crippen LogP contribution in [0.25, 0.3) is 0 Å². The Balaban J connectivity index is 2.10. The van der Waals surface area contributed by atoms with Crippen molar-refractivity contribution < 1.29 is 0 Å². The summed E-state index contributed by atoms with van der Waals surface area (Å²) in [5.74, 6) is 0.118.